The van der Waals surface area contributed by atoms with E-state index in [4.69, 9.17) is 0 Å². The van der Waals surface area contributed by atoms with Crippen LogP contribution in [0.5, 0.6) is 0 Å². The average Bonchev–Trinajstić information content (AvgIpc) is 2.67. The molecule has 2 rings (SSSR count). The summed E-state index contributed by atoms with van der Waals surface area (Å²) in [5.74, 6) is 0.145. The molecule has 21 heavy (non-hydrogen) atoms. The molecule has 0 aromatic heterocycles. The molecule has 1 atom stereocenters. The van der Waals surface area contributed by atoms with Crippen molar-refractivity contribution in [3.63, 3.8) is 0 Å². The highest BCUT2D eigenvalue weighted by molar-refractivity contribution is 5.92. The second-order valence-corrected chi connectivity index (χ2v) is 6.01. The minimum atomic E-state index is 0.145. The Labute approximate surface area is 128 Å². The van der Waals surface area contributed by atoms with Crippen molar-refractivity contribution in [3.8, 4) is 0 Å². The van der Waals surface area contributed by atoms with Gasteiger partial charge in [0.1, 0.15) is 0 Å². The minimum Gasteiger partial charge on any atom is -0.326 e. The Hall–Kier alpha value is -1.35. The van der Waals surface area contributed by atoms with Gasteiger partial charge in [0.05, 0.1) is 0 Å². The van der Waals surface area contributed by atoms with E-state index in [0.717, 1.165) is 18.5 Å². The highest BCUT2D eigenvalue weighted by Crippen LogP contribution is 2.27. The number of rotatable bonds is 7. The van der Waals surface area contributed by atoms with Crippen molar-refractivity contribution in [2.24, 2.45) is 0 Å². The molecule has 3 heteroatoms. The van der Waals surface area contributed by atoms with E-state index < -0.39 is 0 Å². The molecule has 0 spiro atoms. The van der Waals surface area contributed by atoms with Crippen molar-refractivity contribution in [2.75, 3.05) is 12.4 Å². The van der Waals surface area contributed by atoms with Crippen LogP contribution >= 0.6 is 0 Å². The summed E-state index contributed by atoms with van der Waals surface area (Å²) >= 11 is 0. The zero-order chi connectivity index (χ0) is 15.1. The van der Waals surface area contributed by atoms with Crippen molar-refractivity contribution in [3.05, 3.63) is 29.3 Å². The maximum absolute atomic E-state index is 11.6. The molecule has 1 aromatic carbocycles. The smallest absolute Gasteiger partial charge is 0.224 e. The SMILES string of the molecule is CCCCCCC(NC)c1ccc2c(c1)CCCC(=O)N2. The molecule has 0 saturated carbocycles. The van der Waals surface area contributed by atoms with Gasteiger partial charge in [-0.25, -0.2) is 0 Å². The molecule has 116 valence electrons. The Balaban J connectivity index is 2.04. The van der Waals surface area contributed by atoms with Gasteiger partial charge in [-0.1, -0.05) is 44.7 Å². The van der Waals surface area contributed by atoms with Gasteiger partial charge in [-0.15, -0.1) is 0 Å². The maximum atomic E-state index is 11.6. The fraction of sp³-hybridized carbons (Fsp3) is 0.611. The summed E-state index contributed by atoms with van der Waals surface area (Å²) in [5, 5.41) is 6.45. The van der Waals surface area contributed by atoms with Crippen LogP contribution in [0.4, 0.5) is 5.69 Å². The fourth-order valence-corrected chi connectivity index (χ4v) is 3.06. The minimum absolute atomic E-state index is 0.145. The van der Waals surface area contributed by atoms with Crippen LogP contribution in [0.2, 0.25) is 0 Å². The fourth-order valence-electron chi connectivity index (χ4n) is 3.06. The first-order chi connectivity index (χ1) is 10.2. The van der Waals surface area contributed by atoms with Crippen LogP contribution < -0.4 is 10.6 Å². The Kier molecular flexibility index (Phi) is 6.24. The molecule has 0 fully saturated rings. The van der Waals surface area contributed by atoms with Crippen molar-refractivity contribution >= 4 is 11.6 Å². The second-order valence-electron chi connectivity index (χ2n) is 6.01. The Morgan fingerprint density at radius 1 is 1.24 bits per heavy atom. The molecule has 0 aliphatic carbocycles. The first-order valence-electron chi connectivity index (χ1n) is 8.34. The third-order valence-corrected chi connectivity index (χ3v) is 4.35. The molecule has 1 aliphatic heterocycles. The van der Waals surface area contributed by atoms with Gasteiger partial charge in [0.2, 0.25) is 5.91 Å². The van der Waals surface area contributed by atoms with Crippen LogP contribution in [-0.4, -0.2) is 13.0 Å². The van der Waals surface area contributed by atoms with Gasteiger partial charge in [-0.3, -0.25) is 4.79 Å². The highest BCUT2D eigenvalue weighted by Gasteiger charge is 2.15. The van der Waals surface area contributed by atoms with E-state index in [1.807, 2.05) is 7.05 Å². The average molecular weight is 288 g/mol. The standard InChI is InChI=1S/C18H28N2O/c1-3-4-5-6-9-16(19-2)15-11-12-17-14(13-15)8-7-10-18(21)20-17/h11-13,16,19H,3-10H2,1-2H3,(H,20,21). The number of anilines is 1. The largest absolute Gasteiger partial charge is 0.326 e. The number of hydrogen-bond acceptors (Lipinski definition) is 2. The van der Waals surface area contributed by atoms with Crippen LogP contribution in [0.15, 0.2) is 18.2 Å². The summed E-state index contributed by atoms with van der Waals surface area (Å²) in [4.78, 5) is 11.6. The van der Waals surface area contributed by atoms with Gasteiger partial charge in [-0.2, -0.15) is 0 Å². The molecule has 1 aromatic rings. The molecule has 1 amide bonds. The molecular formula is C18H28N2O. The number of aryl methyl sites for hydroxylation is 1. The molecule has 0 radical (unpaired) electrons. The van der Waals surface area contributed by atoms with E-state index in [0.29, 0.717) is 12.5 Å². The van der Waals surface area contributed by atoms with Crippen LogP contribution in [0.1, 0.15) is 69.0 Å². The van der Waals surface area contributed by atoms with Crippen molar-refractivity contribution in [1.29, 1.82) is 0 Å². The summed E-state index contributed by atoms with van der Waals surface area (Å²) in [5.41, 5.74) is 3.64. The van der Waals surface area contributed by atoms with Crippen LogP contribution in [0, 0.1) is 0 Å². The lowest BCUT2D eigenvalue weighted by molar-refractivity contribution is -0.116. The van der Waals surface area contributed by atoms with E-state index in [1.54, 1.807) is 0 Å². The lowest BCUT2D eigenvalue weighted by atomic mass is 9.96. The Bertz CT molecular complexity index is 470. The Morgan fingerprint density at radius 2 is 2.10 bits per heavy atom. The topological polar surface area (TPSA) is 41.1 Å². The number of fused-ring (bicyclic) bond motifs is 1. The molecule has 2 N–H and O–H groups in total. The van der Waals surface area contributed by atoms with Crippen molar-refractivity contribution in [2.45, 2.75) is 64.3 Å². The molecule has 1 unspecified atom stereocenters. The zero-order valence-electron chi connectivity index (χ0n) is 13.4. The van der Waals surface area contributed by atoms with E-state index in [1.165, 1.54) is 43.2 Å². The summed E-state index contributed by atoms with van der Waals surface area (Å²) in [6, 6.07) is 6.93. The predicted molar refractivity (Wildman–Crippen MR) is 88.6 cm³/mol. The summed E-state index contributed by atoms with van der Waals surface area (Å²) in [6.07, 6.45) is 8.95. The van der Waals surface area contributed by atoms with E-state index >= 15 is 0 Å². The summed E-state index contributed by atoms with van der Waals surface area (Å²) in [6.45, 7) is 2.25. The third kappa shape index (κ3) is 4.57. The summed E-state index contributed by atoms with van der Waals surface area (Å²) < 4.78 is 0. The van der Waals surface area contributed by atoms with Gasteiger partial charge in [0.15, 0.2) is 0 Å². The number of carbonyl (C=O) groups is 1. The number of hydrogen-bond donors (Lipinski definition) is 2. The Morgan fingerprint density at radius 3 is 2.86 bits per heavy atom. The van der Waals surface area contributed by atoms with Crippen molar-refractivity contribution < 1.29 is 4.79 Å². The van der Waals surface area contributed by atoms with Gasteiger partial charge < -0.3 is 10.6 Å². The third-order valence-electron chi connectivity index (χ3n) is 4.35. The molecule has 1 aliphatic rings. The molecular weight excluding hydrogens is 260 g/mol. The van der Waals surface area contributed by atoms with Gasteiger partial charge >= 0.3 is 0 Å². The number of benzene rings is 1. The first kappa shape index (κ1) is 16.0. The van der Waals surface area contributed by atoms with E-state index in [2.05, 4.69) is 35.8 Å². The summed E-state index contributed by atoms with van der Waals surface area (Å²) in [7, 11) is 2.04. The molecule has 0 saturated heterocycles. The number of carbonyl (C=O) groups excluding carboxylic acids is 1. The maximum Gasteiger partial charge on any atom is 0.224 e. The number of nitrogens with one attached hydrogen (secondary N) is 2. The van der Waals surface area contributed by atoms with E-state index in [9.17, 15) is 4.79 Å². The normalized spacial score (nSPS) is 16.0. The van der Waals surface area contributed by atoms with Gasteiger partial charge in [0, 0.05) is 18.2 Å². The highest BCUT2D eigenvalue weighted by atomic mass is 16.1. The first-order valence-corrected chi connectivity index (χ1v) is 8.34. The molecule has 3 nitrogen and oxygen atoms in total. The second kappa shape index (κ2) is 8.18. The van der Waals surface area contributed by atoms with Gasteiger partial charge in [-0.05, 0) is 43.5 Å². The number of amides is 1. The lowest BCUT2D eigenvalue weighted by Gasteiger charge is -2.18. The quantitative estimate of drug-likeness (QED) is 0.739. The van der Waals surface area contributed by atoms with E-state index in [-0.39, 0.29) is 5.91 Å². The predicted octanol–water partition coefficient (Wildman–Crippen LogP) is 4.19. The van der Waals surface area contributed by atoms with Crippen LogP contribution in [-0.2, 0) is 11.2 Å². The monoisotopic (exact) mass is 288 g/mol. The lowest BCUT2D eigenvalue weighted by Crippen LogP contribution is -2.17. The van der Waals surface area contributed by atoms with Crippen LogP contribution in [0.25, 0.3) is 0 Å². The van der Waals surface area contributed by atoms with Crippen molar-refractivity contribution in [1.82, 2.24) is 5.32 Å². The zero-order valence-corrected chi connectivity index (χ0v) is 13.4. The molecule has 1 heterocycles. The van der Waals surface area contributed by atoms with Gasteiger partial charge in [0.25, 0.3) is 0 Å². The molecule has 0 bridgehead atoms. The number of unbranched alkanes of at least 4 members (excludes halogenated alkanes) is 3. The van der Waals surface area contributed by atoms with Crippen LogP contribution in [0.3, 0.4) is 0 Å².